The van der Waals surface area contributed by atoms with Gasteiger partial charge < -0.3 is 15.2 Å². The third-order valence-corrected chi connectivity index (χ3v) is 3.53. The quantitative estimate of drug-likeness (QED) is 0.538. The zero-order valence-corrected chi connectivity index (χ0v) is 10.6. The summed E-state index contributed by atoms with van der Waals surface area (Å²) >= 11 is 0. The van der Waals surface area contributed by atoms with Crippen LogP contribution >= 0.6 is 0 Å². The molecule has 0 amide bonds. The molecule has 1 atom stereocenters. The van der Waals surface area contributed by atoms with E-state index in [1.165, 1.54) is 38.5 Å². The molecule has 1 aliphatic rings. The molecule has 0 heterocycles. The summed E-state index contributed by atoms with van der Waals surface area (Å²) in [6, 6.07) is 0.334. The van der Waals surface area contributed by atoms with Crippen LogP contribution in [0.2, 0.25) is 0 Å². The van der Waals surface area contributed by atoms with Crippen molar-refractivity contribution in [1.29, 1.82) is 0 Å². The van der Waals surface area contributed by atoms with E-state index in [4.69, 9.17) is 15.2 Å². The molecule has 1 unspecified atom stereocenters. The summed E-state index contributed by atoms with van der Waals surface area (Å²) in [4.78, 5) is 0. The first-order chi connectivity index (χ1) is 7.84. The lowest BCUT2D eigenvalue weighted by molar-refractivity contribution is 0.0645. The van der Waals surface area contributed by atoms with Gasteiger partial charge >= 0.3 is 0 Å². The van der Waals surface area contributed by atoms with Gasteiger partial charge in [-0.2, -0.15) is 0 Å². The van der Waals surface area contributed by atoms with Crippen LogP contribution in [0, 0.1) is 5.92 Å². The van der Waals surface area contributed by atoms with Gasteiger partial charge in [-0.25, -0.2) is 0 Å². The summed E-state index contributed by atoms with van der Waals surface area (Å²) < 4.78 is 10.4. The second-order valence-corrected chi connectivity index (χ2v) is 4.81. The third-order valence-electron chi connectivity index (χ3n) is 3.53. The summed E-state index contributed by atoms with van der Waals surface area (Å²) in [6.45, 7) is 2.15. The van der Waals surface area contributed by atoms with Crippen LogP contribution in [-0.4, -0.2) is 33.0 Å². The Morgan fingerprint density at radius 3 is 2.38 bits per heavy atom. The van der Waals surface area contributed by atoms with Crippen LogP contribution in [0.1, 0.15) is 44.9 Å². The van der Waals surface area contributed by atoms with E-state index in [0.717, 1.165) is 18.9 Å². The van der Waals surface area contributed by atoms with Crippen LogP contribution in [0.25, 0.3) is 0 Å². The number of nitrogens with two attached hydrogens (primary N) is 1. The Kier molecular flexibility index (Phi) is 7.81. The van der Waals surface area contributed by atoms with Crippen LogP contribution in [0.4, 0.5) is 0 Å². The standard InChI is InChI=1S/C13H27NO2/c1-15-10-11-16-9-8-13(14)12-6-4-2-3-5-7-12/h12-13H,2-11,14H2,1H3. The van der Waals surface area contributed by atoms with Crippen molar-refractivity contribution < 1.29 is 9.47 Å². The maximum absolute atomic E-state index is 6.22. The molecule has 0 spiro atoms. The SMILES string of the molecule is COCCOCCC(N)C1CCCCCC1. The monoisotopic (exact) mass is 229 g/mol. The molecule has 0 radical (unpaired) electrons. The van der Waals surface area contributed by atoms with Crippen molar-refractivity contribution in [3.05, 3.63) is 0 Å². The van der Waals surface area contributed by atoms with E-state index in [1.807, 2.05) is 0 Å². The van der Waals surface area contributed by atoms with Crippen molar-refractivity contribution in [3.63, 3.8) is 0 Å². The molecule has 1 fully saturated rings. The molecule has 96 valence electrons. The summed E-state index contributed by atoms with van der Waals surface area (Å²) in [6.07, 6.45) is 9.15. The first kappa shape index (κ1) is 13.9. The van der Waals surface area contributed by atoms with Gasteiger partial charge in [0.1, 0.15) is 0 Å². The van der Waals surface area contributed by atoms with Gasteiger partial charge in [-0.05, 0) is 25.2 Å². The molecule has 0 bridgehead atoms. The zero-order valence-electron chi connectivity index (χ0n) is 10.6. The summed E-state index contributed by atoms with van der Waals surface area (Å²) in [5.74, 6) is 0.730. The van der Waals surface area contributed by atoms with E-state index in [0.29, 0.717) is 19.3 Å². The van der Waals surface area contributed by atoms with Gasteiger partial charge in [0.25, 0.3) is 0 Å². The van der Waals surface area contributed by atoms with Crippen LogP contribution in [0.3, 0.4) is 0 Å². The van der Waals surface area contributed by atoms with E-state index < -0.39 is 0 Å². The van der Waals surface area contributed by atoms with Gasteiger partial charge in [-0.15, -0.1) is 0 Å². The number of ether oxygens (including phenoxy) is 2. The highest BCUT2D eigenvalue weighted by Gasteiger charge is 2.18. The Labute approximate surface area is 99.7 Å². The van der Waals surface area contributed by atoms with Crippen molar-refractivity contribution in [1.82, 2.24) is 0 Å². The van der Waals surface area contributed by atoms with Gasteiger partial charge in [0.15, 0.2) is 0 Å². The number of methoxy groups -OCH3 is 1. The lowest BCUT2D eigenvalue weighted by Crippen LogP contribution is -2.31. The molecule has 3 nitrogen and oxygen atoms in total. The predicted octanol–water partition coefficient (Wildman–Crippen LogP) is 2.34. The minimum atomic E-state index is 0.334. The van der Waals surface area contributed by atoms with Crippen LogP contribution in [0.15, 0.2) is 0 Å². The Bertz CT molecular complexity index is 156. The van der Waals surface area contributed by atoms with Crippen LogP contribution in [-0.2, 0) is 9.47 Å². The number of rotatable bonds is 7. The first-order valence-electron chi connectivity index (χ1n) is 6.67. The van der Waals surface area contributed by atoms with Crippen molar-refractivity contribution in [3.8, 4) is 0 Å². The molecule has 16 heavy (non-hydrogen) atoms. The summed E-state index contributed by atoms with van der Waals surface area (Å²) in [5.41, 5.74) is 6.22. The lowest BCUT2D eigenvalue weighted by Gasteiger charge is -2.22. The van der Waals surface area contributed by atoms with Crippen molar-refractivity contribution in [2.24, 2.45) is 11.7 Å². The van der Waals surface area contributed by atoms with E-state index in [-0.39, 0.29) is 0 Å². The minimum absolute atomic E-state index is 0.334. The van der Waals surface area contributed by atoms with Crippen molar-refractivity contribution >= 4 is 0 Å². The highest BCUT2D eigenvalue weighted by molar-refractivity contribution is 4.75. The van der Waals surface area contributed by atoms with Crippen LogP contribution in [0.5, 0.6) is 0 Å². The highest BCUT2D eigenvalue weighted by atomic mass is 16.5. The Morgan fingerprint density at radius 1 is 1.06 bits per heavy atom. The highest BCUT2D eigenvalue weighted by Crippen LogP contribution is 2.25. The molecule has 0 aromatic rings. The van der Waals surface area contributed by atoms with E-state index in [9.17, 15) is 0 Å². The molecule has 0 aromatic heterocycles. The van der Waals surface area contributed by atoms with Gasteiger partial charge in [0.05, 0.1) is 13.2 Å². The normalized spacial score (nSPS) is 20.6. The molecule has 1 saturated carbocycles. The predicted molar refractivity (Wildman–Crippen MR) is 66.5 cm³/mol. The molecule has 0 aliphatic heterocycles. The largest absolute Gasteiger partial charge is 0.382 e. The average molecular weight is 229 g/mol. The molecular weight excluding hydrogens is 202 g/mol. The van der Waals surface area contributed by atoms with Gasteiger partial charge in [0, 0.05) is 19.8 Å². The molecule has 1 aliphatic carbocycles. The summed E-state index contributed by atoms with van der Waals surface area (Å²) in [7, 11) is 1.70. The zero-order chi connectivity index (χ0) is 11.6. The van der Waals surface area contributed by atoms with E-state index >= 15 is 0 Å². The average Bonchev–Trinajstić information content (AvgIpc) is 2.57. The van der Waals surface area contributed by atoms with E-state index in [2.05, 4.69) is 0 Å². The van der Waals surface area contributed by atoms with Gasteiger partial charge in [-0.3, -0.25) is 0 Å². The lowest BCUT2D eigenvalue weighted by atomic mass is 9.91. The second-order valence-electron chi connectivity index (χ2n) is 4.81. The fourth-order valence-corrected chi connectivity index (χ4v) is 2.44. The van der Waals surface area contributed by atoms with Crippen molar-refractivity contribution in [2.75, 3.05) is 26.9 Å². The molecule has 3 heteroatoms. The van der Waals surface area contributed by atoms with Gasteiger partial charge in [-0.1, -0.05) is 25.7 Å². The number of hydrogen-bond acceptors (Lipinski definition) is 3. The van der Waals surface area contributed by atoms with Crippen LogP contribution < -0.4 is 5.73 Å². The Hall–Kier alpha value is -0.120. The topological polar surface area (TPSA) is 44.5 Å². The Balaban J connectivity index is 2.05. The first-order valence-corrected chi connectivity index (χ1v) is 6.67. The maximum atomic E-state index is 6.22. The molecule has 2 N–H and O–H groups in total. The third kappa shape index (κ3) is 5.83. The van der Waals surface area contributed by atoms with E-state index in [1.54, 1.807) is 7.11 Å². The fraction of sp³-hybridized carbons (Fsp3) is 1.00. The minimum Gasteiger partial charge on any atom is -0.382 e. The number of hydrogen-bond donors (Lipinski definition) is 1. The Morgan fingerprint density at radius 2 is 1.75 bits per heavy atom. The van der Waals surface area contributed by atoms with Crippen molar-refractivity contribution in [2.45, 2.75) is 51.0 Å². The molecule has 0 aromatic carbocycles. The molecule has 0 saturated heterocycles. The maximum Gasteiger partial charge on any atom is 0.0700 e. The fourth-order valence-electron chi connectivity index (χ4n) is 2.44. The molecular formula is C13H27NO2. The molecule has 1 rings (SSSR count). The van der Waals surface area contributed by atoms with Gasteiger partial charge in [0.2, 0.25) is 0 Å². The smallest absolute Gasteiger partial charge is 0.0700 e. The summed E-state index contributed by atoms with van der Waals surface area (Å²) in [5, 5.41) is 0. The second kappa shape index (κ2) is 8.97.